The van der Waals surface area contributed by atoms with Gasteiger partial charge in [0.05, 0.1) is 22.9 Å². The number of hydrogen-bond acceptors (Lipinski definition) is 7. The zero-order valence-corrected chi connectivity index (χ0v) is 31.7. The van der Waals surface area contributed by atoms with Crippen molar-refractivity contribution in [1.29, 1.82) is 0 Å². The summed E-state index contributed by atoms with van der Waals surface area (Å²) in [6.45, 7) is 0. The highest BCUT2D eigenvalue weighted by atomic mass is 16.3. The van der Waals surface area contributed by atoms with Crippen LogP contribution in [0.25, 0.3) is 38.9 Å². The average Bonchev–Trinajstić information content (AvgIpc) is 3.83. The minimum Gasteiger partial charge on any atom is -0.507 e. The quantitative estimate of drug-likeness (QED) is 0.137. The van der Waals surface area contributed by atoms with E-state index in [1.807, 2.05) is 127 Å². The average molecular weight is 773 g/mol. The maximum absolute atomic E-state index is 15.4. The number of carbonyl (C=O) groups is 4. The maximum atomic E-state index is 15.4. The molecule has 1 N–H and O–H groups in total. The second kappa shape index (κ2) is 13.2. The normalized spacial score (nSPS) is 25.1. The fourth-order valence-electron chi connectivity index (χ4n) is 10.7. The van der Waals surface area contributed by atoms with Crippen LogP contribution in [-0.4, -0.2) is 33.5 Å². The summed E-state index contributed by atoms with van der Waals surface area (Å²) >= 11 is 0. The minimum atomic E-state index is -1.45. The molecule has 0 radical (unpaired) electrons. The predicted molar refractivity (Wildman–Crippen MR) is 224 cm³/mol. The summed E-state index contributed by atoms with van der Waals surface area (Å²) in [4.78, 5) is 66.0. The number of amides is 2. The predicted octanol–water partition coefficient (Wildman–Crippen LogP) is 9.38. The number of aromatic nitrogens is 1. The van der Waals surface area contributed by atoms with E-state index in [0.717, 1.165) is 16.5 Å². The van der Waals surface area contributed by atoms with E-state index in [-0.39, 0.29) is 42.0 Å². The van der Waals surface area contributed by atoms with Crippen LogP contribution in [-0.2, 0) is 24.6 Å². The van der Waals surface area contributed by atoms with Gasteiger partial charge in [0.25, 0.3) is 0 Å². The van der Waals surface area contributed by atoms with Gasteiger partial charge in [-0.05, 0) is 77.7 Å². The van der Waals surface area contributed by atoms with Crippen molar-refractivity contribution in [2.75, 3.05) is 4.90 Å². The largest absolute Gasteiger partial charge is 0.507 e. The van der Waals surface area contributed by atoms with E-state index in [1.54, 1.807) is 24.3 Å². The number of hydrogen-bond donors (Lipinski definition) is 1. The fraction of sp³-hybridized carbons (Fsp3) is 0.157. The Labute approximate surface area is 339 Å². The van der Waals surface area contributed by atoms with Gasteiger partial charge in [-0.1, -0.05) is 121 Å². The third kappa shape index (κ3) is 5.05. The summed E-state index contributed by atoms with van der Waals surface area (Å²) in [5.74, 6) is -4.38. The van der Waals surface area contributed by atoms with Crippen molar-refractivity contribution in [3.63, 3.8) is 0 Å². The highest BCUT2D eigenvalue weighted by Crippen LogP contribution is 2.65. The molecule has 2 fully saturated rings. The molecule has 2 heterocycles. The van der Waals surface area contributed by atoms with E-state index in [1.165, 1.54) is 11.0 Å². The summed E-state index contributed by atoms with van der Waals surface area (Å²) in [5.41, 5.74) is 4.01. The van der Waals surface area contributed by atoms with E-state index in [4.69, 9.17) is 4.42 Å². The lowest BCUT2D eigenvalue weighted by Crippen LogP contribution is -2.58. The summed E-state index contributed by atoms with van der Waals surface area (Å²) in [5, 5.41) is 13.7. The monoisotopic (exact) mass is 772 g/mol. The smallest absolute Gasteiger partial charge is 0.238 e. The van der Waals surface area contributed by atoms with Gasteiger partial charge in [0.1, 0.15) is 11.3 Å². The van der Waals surface area contributed by atoms with Crippen LogP contribution in [0.3, 0.4) is 0 Å². The number of nitrogens with zero attached hydrogens (tertiary/aromatic N) is 2. The second-order valence-electron chi connectivity index (χ2n) is 16.1. The Balaban J connectivity index is 1.06. The van der Waals surface area contributed by atoms with Gasteiger partial charge in [-0.25, -0.2) is 4.98 Å². The van der Waals surface area contributed by atoms with E-state index in [9.17, 15) is 14.7 Å². The minimum absolute atomic E-state index is 0.0263. The molecular weight excluding hydrogens is 737 g/mol. The molecule has 1 saturated heterocycles. The number of fused-ring (bicyclic) bond motifs is 6. The summed E-state index contributed by atoms with van der Waals surface area (Å²) < 4.78 is 5.97. The molecule has 7 aromatic rings. The number of phenolic OH excluding ortho intramolecular Hbond substituents is 1. The Morgan fingerprint density at radius 2 is 1.41 bits per heavy atom. The van der Waals surface area contributed by atoms with Crippen molar-refractivity contribution in [3.8, 4) is 17.2 Å². The first kappa shape index (κ1) is 35.0. The topological polar surface area (TPSA) is 118 Å². The number of ketones is 2. The van der Waals surface area contributed by atoms with Crippen LogP contribution >= 0.6 is 0 Å². The van der Waals surface area contributed by atoms with Gasteiger partial charge in [-0.2, -0.15) is 0 Å². The molecule has 286 valence electrons. The highest BCUT2D eigenvalue weighted by molar-refractivity contribution is 6.32. The van der Waals surface area contributed by atoms with Crippen LogP contribution in [0, 0.1) is 23.7 Å². The van der Waals surface area contributed by atoms with Crippen LogP contribution in [0.4, 0.5) is 5.69 Å². The number of carbonyl (C=O) groups excluding carboxylic acids is 4. The number of oxazole rings is 1. The summed E-state index contributed by atoms with van der Waals surface area (Å²) in [7, 11) is 0. The highest BCUT2D eigenvalue weighted by Gasteiger charge is 2.66. The number of benzene rings is 6. The van der Waals surface area contributed by atoms with Gasteiger partial charge in [0.15, 0.2) is 17.1 Å². The number of imide groups is 1. The molecule has 3 aliphatic carbocycles. The number of anilines is 1. The first-order valence-electron chi connectivity index (χ1n) is 20.0. The molecule has 4 aliphatic rings. The van der Waals surface area contributed by atoms with Crippen LogP contribution < -0.4 is 4.90 Å². The number of Topliss-reactive ketones (excluding diaryl/α,β-unsaturated/α-hetero) is 1. The molecular formula is C51H36N2O6. The molecule has 6 atom stereocenters. The van der Waals surface area contributed by atoms with Gasteiger partial charge in [0, 0.05) is 33.9 Å². The molecule has 11 rings (SSSR count). The zero-order chi connectivity index (χ0) is 40.0. The van der Waals surface area contributed by atoms with Gasteiger partial charge in [-0.3, -0.25) is 24.1 Å². The summed E-state index contributed by atoms with van der Waals surface area (Å²) in [6, 6.07) is 44.5. The Kier molecular flexibility index (Phi) is 7.82. The van der Waals surface area contributed by atoms with Crippen molar-refractivity contribution in [3.05, 3.63) is 180 Å². The molecule has 0 bridgehead atoms. The molecule has 0 unspecified atom stereocenters. The first-order chi connectivity index (χ1) is 28.8. The van der Waals surface area contributed by atoms with Gasteiger partial charge in [-0.15, -0.1) is 0 Å². The van der Waals surface area contributed by atoms with E-state index in [0.29, 0.717) is 50.4 Å². The van der Waals surface area contributed by atoms with Crippen molar-refractivity contribution in [2.24, 2.45) is 23.7 Å². The van der Waals surface area contributed by atoms with E-state index >= 15 is 9.59 Å². The maximum Gasteiger partial charge on any atom is 0.238 e. The second-order valence-corrected chi connectivity index (χ2v) is 16.1. The van der Waals surface area contributed by atoms with Crippen molar-refractivity contribution in [2.45, 2.75) is 24.2 Å². The molecule has 1 saturated carbocycles. The molecule has 0 spiro atoms. The Morgan fingerprint density at radius 1 is 0.695 bits per heavy atom. The van der Waals surface area contributed by atoms with Crippen molar-refractivity contribution >= 4 is 56.5 Å². The van der Waals surface area contributed by atoms with Gasteiger partial charge in [0.2, 0.25) is 17.7 Å². The fourth-order valence-corrected chi connectivity index (χ4v) is 10.7. The first-order valence-corrected chi connectivity index (χ1v) is 20.0. The van der Waals surface area contributed by atoms with Gasteiger partial charge >= 0.3 is 0 Å². The van der Waals surface area contributed by atoms with Crippen molar-refractivity contribution < 1.29 is 28.7 Å². The third-order valence-electron chi connectivity index (χ3n) is 13.3. The van der Waals surface area contributed by atoms with Crippen LogP contribution in [0.15, 0.2) is 168 Å². The Hall–Kier alpha value is -7.19. The molecule has 1 aliphatic heterocycles. The number of phenols is 1. The van der Waals surface area contributed by atoms with E-state index < -0.39 is 35.0 Å². The molecule has 6 aromatic carbocycles. The van der Waals surface area contributed by atoms with Gasteiger partial charge < -0.3 is 9.52 Å². The Bertz CT molecular complexity index is 2930. The number of rotatable bonds is 5. The SMILES string of the molecule is O=C1C(c2ccccc2)=CC(=O)[C@@]2(c3ccccc3)[C@@H](c3ccc4ccccc4c3O)C3=CC[C@@H]4C(=O)N(c5ccc(-c6nc7ccccc7o6)cc5)C(=O)[C@@H]4[C@@H]3C[C@@H]12. The molecule has 8 heteroatoms. The molecule has 8 nitrogen and oxygen atoms in total. The lowest BCUT2D eigenvalue weighted by molar-refractivity contribution is -0.135. The summed E-state index contributed by atoms with van der Waals surface area (Å²) in [6.07, 6.45) is 3.96. The Morgan fingerprint density at radius 3 is 2.19 bits per heavy atom. The standard InChI is InChI=1S/C51H36N2O6/c54-43-28-38(29-11-3-1-4-12-29)47(56)40-27-39-35(45(51(40,43)32-14-5-2-6-15-32)37-24-21-30-13-7-8-16-34(30)46(37)55)25-26-36-44(39)50(58)53(49(36)57)33-22-19-31(20-23-33)48-52-41-17-9-10-18-42(41)59-48/h1-25,28,36,39-40,44-45,55H,26-27H2/t36-,39+,40-,44-,45+,51-/m0/s1. The number of allylic oxidation sites excluding steroid dienone is 4. The van der Waals surface area contributed by atoms with E-state index in [2.05, 4.69) is 4.98 Å². The lowest BCUT2D eigenvalue weighted by Gasteiger charge is -2.55. The third-order valence-corrected chi connectivity index (χ3v) is 13.3. The lowest BCUT2D eigenvalue weighted by atomic mass is 9.44. The zero-order valence-electron chi connectivity index (χ0n) is 31.7. The van der Waals surface area contributed by atoms with Crippen LogP contribution in [0.5, 0.6) is 5.75 Å². The number of aromatic hydroxyl groups is 1. The van der Waals surface area contributed by atoms with Crippen molar-refractivity contribution in [1.82, 2.24) is 4.98 Å². The molecule has 2 amide bonds. The van der Waals surface area contributed by atoms with Crippen LogP contribution in [0.2, 0.25) is 0 Å². The molecule has 59 heavy (non-hydrogen) atoms. The molecule has 1 aromatic heterocycles. The van der Waals surface area contributed by atoms with Crippen LogP contribution in [0.1, 0.15) is 35.4 Å². The number of para-hydroxylation sites is 2.